The lowest BCUT2D eigenvalue weighted by atomic mass is 9.96. The van der Waals surface area contributed by atoms with E-state index >= 15 is 0 Å². The summed E-state index contributed by atoms with van der Waals surface area (Å²) < 4.78 is 32.1. The number of pyridine rings is 1. The van der Waals surface area contributed by atoms with E-state index in [4.69, 9.17) is 33.7 Å². The SMILES string of the molecule is CN1C(N)=NC2(c3sc(C(=O)Nc4cccc(Cl)n4)cc3Cl)COCC2S1(=O)=O. The van der Waals surface area contributed by atoms with Crippen LogP contribution in [-0.4, -0.2) is 55.1 Å². The molecular formula is C16H15Cl2N5O4S2. The smallest absolute Gasteiger partial charge is 0.266 e. The van der Waals surface area contributed by atoms with Gasteiger partial charge in [0, 0.05) is 7.05 Å². The summed E-state index contributed by atoms with van der Waals surface area (Å²) in [6.07, 6.45) is 0. The Kier molecular flexibility index (Phi) is 4.98. The van der Waals surface area contributed by atoms with E-state index in [0.29, 0.717) is 4.88 Å². The number of carbonyl (C=O) groups is 1. The number of ether oxygens (including phenoxy) is 1. The third kappa shape index (κ3) is 3.26. The molecule has 0 spiro atoms. The van der Waals surface area contributed by atoms with Crippen LogP contribution in [0.5, 0.6) is 0 Å². The number of halogens is 2. The van der Waals surface area contributed by atoms with Crippen LogP contribution >= 0.6 is 34.5 Å². The third-order valence-electron chi connectivity index (χ3n) is 4.76. The Morgan fingerprint density at radius 1 is 1.45 bits per heavy atom. The number of aliphatic imine (C=N–C) groups is 1. The molecular weight excluding hydrogens is 461 g/mol. The van der Waals surface area contributed by atoms with Gasteiger partial charge in [0.15, 0.2) is 0 Å². The molecule has 4 heterocycles. The van der Waals surface area contributed by atoms with Gasteiger partial charge >= 0.3 is 0 Å². The number of fused-ring (bicyclic) bond motifs is 1. The number of carbonyl (C=O) groups excluding carboxylic acids is 1. The molecule has 4 rings (SSSR count). The van der Waals surface area contributed by atoms with E-state index in [1.807, 2.05) is 0 Å². The van der Waals surface area contributed by atoms with Gasteiger partial charge in [-0.3, -0.25) is 4.79 Å². The second-order valence-corrected chi connectivity index (χ2v) is 10.5. The van der Waals surface area contributed by atoms with Crippen molar-refractivity contribution >= 4 is 62.2 Å². The first-order chi connectivity index (χ1) is 13.6. The summed E-state index contributed by atoms with van der Waals surface area (Å²) in [5.41, 5.74) is 4.57. The minimum Gasteiger partial charge on any atom is -0.377 e. The molecule has 2 aliphatic rings. The van der Waals surface area contributed by atoms with E-state index in [2.05, 4.69) is 15.3 Å². The van der Waals surface area contributed by atoms with E-state index in [9.17, 15) is 13.2 Å². The Balaban J connectivity index is 1.73. The van der Waals surface area contributed by atoms with E-state index < -0.39 is 26.7 Å². The fourth-order valence-electron chi connectivity index (χ4n) is 3.28. The number of sulfonamides is 1. The van der Waals surface area contributed by atoms with Crippen molar-refractivity contribution in [3.8, 4) is 0 Å². The molecule has 2 aromatic rings. The molecule has 13 heteroatoms. The molecule has 9 nitrogen and oxygen atoms in total. The molecule has 1 amide bonds. The molecule has 2 atom stereocenters. The number of hydrogen-bond acceptors (Lipinski definition) is 8. The lowest BCUT2D eigenvalue weighted by Gasteiger charge is -2.37. The maximum Gasteiger partial charge on any atom is 0.266 e. The molecule has 2 unspecified atom stereocenters. The Morgan fingerprint density at radius 3 is 2.93 bits per heavy atom. The van der Waals surface area contributed by atoms with Gasteiger partial charge in [0.25, 0.3) is 5.91 Å². The van der Waals surface area contributed by atoms with E-state index in [0.717, 1.165) is 15.6 Å². The number of guanidine groups is 1. The zero-order valence-corrected chi connectivity index (χ0v) is 18.1. The topological polar surface area (TPSA) is 127 Å². The van der Waals surface area contributed by atoms with E-state index in [1.165, 1.54) is 13.1 Å². The summed E-state index contributed by atoms with van der Waals surface area (Å²) in [4.78, 5) is 21.8. The predicted octanol–water partition coefficient (Wildman–Crippen LogP) is 1.89. The van der Waals surface area contributed by atoms with Gasteiger partial charge in [0.2, 0.25) is 16.0 Å². The first-order valence-corrected chi connectivity index (χ1v) is 11.4. The number of amides is 1. The minimum atomic E-state index is -3.80. The summed E-state index contributed by atoms with van der Waals surface area (Å²) in [5.74, 6) is -0.346. The number of rotatable bonds is 3. The maximum atomic E-state index is 12.9. The van der Waals surface area contributed by atoms with Crippen LogP contribution in [0.2, 0.25) is 10.2 Å². The summed E-state index contributed by atoms with van der Waals surface area (Å²) in [6.45, 7) is -0.0613. The van der Waals surface area contributed by atoms with Crippen LogP contribution in [0.15, 0.2) is 29.3 Å². The standard InChI is InChI=1S/C16H15Cl2N5O4S2/c1-23-15(19)22-16(7-27-6-10(16)29(23,25)26)13-8(17)5-9(28-13)14(24)21-12-4-2-3-11(18)20-12/h2-5,10H,6-7H2,1H3,(H2,19,22)(H,20,21,24). The Morgan fingerprint density at radius 2 is 2.21 bits per heavy atom. The fraction of sp³-hybridized carbons (Fsp3) is 0.312. The molecule has 1 fully saturated rings. The highest BCUT2D eigenvalue weighted by Crippen LogP contribution is 2.48. The van der Waals surface area contributed by atoms with E-state index in [-0.39, 0.29) is 40.0 Å². The molecule has 0 radical (unpaired) electrons. The molecule has 0 saturated carbocycles. The molecule has 0 aliphatic carbocycles. The van der Waals surface area contributed by atoms with Gasteiger partial charge < -0.3 is 15.8 Å². The lowest BCUT2D eigenvalue weighted by molar-refractivity contribution is 0.103. The number of anilines is 1. The van der Waals surface area contributed by atoms with Crippen molar-refractivity contribution in [2.45, 2.75) is 10.8 Å². The largest absolute Gasteiger partial charge is 0.377 e. The van der Waals surface area contributed by atoms with Crippen molar-refractivity contribution < 1.29 is 17.9 Å². The number of aromatic nitrogens is 1. The van der Waals surface area contributed by atoms with Crippen LogP contribution in [0.4, 0.5) is 5.82 Å². The molecule has 3 N–H and O–H groups in total. The Hall–Kier alpha value is -1.92. The van der Waals surface area contributed by atoms with Crippen LogP contribution in [-0.2, 0) is 20.3 Å². The fourth-order valence-corrected chi connectivity index (χ4v) is 6.77. The van der Waals surface area contributed by atoms with Crippen molar-refractivity contribution in [2.75, 3.05) is 25.6 Å². The van der Waals surface area contributed by atoms with Crippen LogP contribution in [0, 0.1) is 0 Å². The number of hydrogen-bond donors (Lipinski definition) is 2. The highest BCUT2D eigenvalue weighted by atomic mass is 35.5. The van der Waals surface area contributed by atoms with Crippen LogP contribution in [0.1, 0.15) is 14.5 Å². The predicted molar refractivity (Wildman–Crippen MR) is 111 cm³/mol. The van der Waals surface area contributed by atoms with Crippen molar-refractivity contribution in [1.29, 1.82) is 0 Å². The number of nitrogens with two attached hydrogens (primary N) is 1. The average Bonchev–Trinajstić information content (AvgIpc) is 3.25. The van der Waals surface area contributed by atoms with Gasteiger partial charge in [-0.15, -0.1) is 11.3 Å². The number of nitrogens with one attached hydrogen (secondary N) is 1. The monoisotopic (exact) mass is 475 g/mol. The molecule has 2 aliphatic heterocycles. The summed E-state index contributed by atoms with van der Waals surface area (Å²) in [7, 11) is -2.46. The van der Waals surface area contributed by atoms with Gasteiger partial charge in [-0.1, -0.05) is 29.3 Å². The van der Waals surface area contributed by atoms with Gasteiger partial charge in [-0.25, -0.2) is 22.7 Å². The zero-order valence-electron chi connectivity index (χ0n) is 14.9. The second kappa shape index (κ2) is 7.10. The first kappa shape index (κ1) is 20.4. The highest BCUT2D eigenvalue weighted by molar-refractivity contribution is 7.90. The van der Waals surface area contributed by atoms with Gasteiger partial charge in [-0.2, -0.15) is 0 Å². The quantitative estimate of drug-likeness (QED) is 0.652. The Bertz CT molecular complexity index is 1140. The van der Waals surface area contributed by atoms with E-state index in [1.54, 1.807) is 18.2 Å². The van der Waals surface area contributed by atoms with Gasteiger partial charge in [0.05, 0.1) is 28.0 Å². The summed E-state index contributed by atoms with van der Waals surface area (Å²) >= 11 is 13.3. The highest BCUT2D eigenvalue weighted by Gasteiger charge is 2.58. The molecule has 1 saturated heterocycles. The number of nitrogens with zero attached hydrogens (tertiary/aromatic N) is 3. The van der Waals surface area contributed by atoms with Crippen LogP contribution < -0.4 is 11.1 Å². The van der Waals surface area contributed by atoms with Crippen molar-refractivity contribution in [3.63, 3.8) is 0 Å². The lowest BCUT2D eigenvalue weighted by Crippen LogP contribution is -2.56. The zero-order chi connectivity index (χ0) is 21.0. The summed E-state index contributed by atoms with van der Waals surface area (Å²) in [6, 6.07) is 6.29. The number of thiophene rings is 1. The second-order valence-electron chi connectivity index (χ2n) is 6.50. The molecule has 0 aromatic carbocycles. The van der Waals surface area contributed by atoms with Crippen molar-refractivity contribution in [3.05, 3.63) is 44.2 Å². The Labute approximate surface area is 180 Å². The summed E-state index contributed by atoms with van der Waals surface area (Å²) in [5, 5.41) is 2.09. The molecule has 0 bridgehead atoms. The molecule has 29 heavy (non-hydrogen) atoms. The first-order valence-electron chi connectivity index (χ1n) is 8.30. The van der Waals surface area contributed by atoms with Gasteiger partial charge in [-0.05, 0) is 18.2 Å². The third-order valence-corrected chi connectivity index (χ3v) is 8.88. The normalized spacial score (nSPS) is 25.4. The van der Waals surface area contributed by atoms with Gasteiger partial charge in [0.1, 0.15) is 21.8 Å². The average molecular weight is 476 g/mol. The molecule has 2 aromatic heterocycles. The minimum absolute atomic E-state index is 0.0113. The molecule has 154 valence electrons. The van der Waals surface area contributed by atoms with Crippen molar-refractivity contribution in [2.24, 2.45) is 10.7 Å². The van der Waals surface area contributed by atoms with Crippen LogP contribution in [0.25, 0.3) is 0 Å². The maximum absolute atomic E-state index is 12.9. The van der Waals surface area contributed by atoms with Crippen LogP contribution in [0.3, 0.4) is 0 Å². The van der Waals surface area contributed by atoms with Crippen molar-refractivity contribution in [1.82, 2.24) is 9.29 Å².